The molecule has 0 radical (unpaired) electrons. The molecule has 2 rings (SSSR count). The highest BCUT2D eigenvalue weighted by Crippen LogP contribution is 2.19. The SMILES string of the molecule is CCNCc1ccc(COC2CCOCC2)s1. The van der Waals surface area contributed by atoms with Crippen LogP contribution in [-0.4, -0.2) is 25.9 Å². The zero-order chi connectivity index (χ0) is 11.9. The molecule has 0 spiro atoms. The van der Waals surface area contributed by atoms with Crippen molar-refractivity contribution in [3.05, 3.63) is 21.9 Å². The van der Waals surface area contributed by atoms with E-state index in [-0.39, 0.29) is 0 Å². The fraction of sp³-hybridized carbons (Fsp3) is 0.692. The molecule has 4 heteroatoms. The third kappa shape index (κ3) is 4.39. The first-order chi connectivity index (χ1) is 8.38. The highest BCUT2D eigenvalue weighted by Gasteiger charge is 2.14. The van der Waals surface area contributed by atoms with Crippen LogP contribution in [0.3, 0.4) is 0 Å². The summed E-state index contributed by atoms with van der Waals surface area (Å²) in [6.07, 6.45) is 2.47. The molecule has 0 atom stereocenters. The minimum absolute atomic E-state index is 0.392. The van der Waals surface area contributed by atoms with Gasteiger partial charge in [-0.2, -0.15) is 0 Å². The van der Waals surface area contributed by atoms with Gasteiger partial charge in [0.25, 0.3) is 0 Å². The first-order valence-electron chi connectivity index (χ1n) is 6.36. The minimum Gasteiger partial charge on any atom is -0.381 e. The third-order valence-electron chi connectivity index (χ3n) is 2.90. The molecule has 1 aromatic heterocycles. The zero-order valence-corrected chi connectivity index (χ0v) is 11.2. The summed E-state index contributed by atoms with van der Waals surface area (Å²) in [6.45, 7) is 6.57. The van der Waals surface area contributed by atoms with Gasteiger partial charge in [-0.05, 0) is 31.5 Å². The summed E-state index contributed by atoms with van der Waals surface area (Å²) in [5.41, 5.74) is 0. The van der Waals surface area contributed by atoms with Gasteiger partial charge in [-0.15, -0.1) is 11.3 Å². The molecule has 0 aromatic carbocycles. The standard InChI is InChI=1S/C13H21NO2S/c1-2-14-9-12-3-4-13(17-12)10-16-11-5-7-15-8-6-11/h3-4,11,14H,2,5-10H2,1H3. The van der Waals surface area contributed by atoms with E-state index >= 15 is 0 Å². The highest BCUT2D eigenvalue weighted by atomic mass is 32.1. The predicted molar refractivity (Wildman–Crippen MR) is 70.3 cm³/mol. The van der Waals surface area contributed by atoms with Crippen LogP contribution in [0.2, 0.25) is 0 Å². The van der Waals surface area contributed by atoms with Gasteiger partial charge in [-0.25, -0.2) is 0 Å². The van der Waals surface area contributed by atoms with Crippen LogP contribution in [-0.2, 0) is 22.6 Å². The summed E-state index contributed by atoms with van der Waals surface area (Å²) in [5.74, 6) is 0. The van der Waals surface area contributed by atoms with Gasteiger partial charge in [0.1, 0.15) is 0 Å². The average Bonchev–Trinajstić information content (AvgIpc) is 2.83. The van der Waals surface area contributed by atoms with Gasteiger partial charge in [0.15, 0.2) is 0 Å². The second-order valence-corrected chi connectivity index (χ2v) is 5.52. The van der Waals surface area contributed by atoms with Crippen molar-refractivity contribution in [2.75, 3.05) is 19.8 Å². The molecule has 1 aliphatic rings. The molecule has 0 unspecified atom stereocenters. The second-order valence-electron chi connectivity index (χ2n) is 4.27. The second kappa shape index (κ2) is 7.11. The van der Waals surface area contributed by atoms with Crippen molar-refractivity contribution in [2.45, 2.75) is 39.0 Å². The molecule has 1 fully saturated rings. The zero-order valence-electron chi connectivity index (χ0n) is 10.4. The van der Waals surface area contributed by atoms with Crippen molar-refractivity contribution < 1.29 is 9.47 Å². The molecule has 3 nitrogen and oxygen atoms in total. The van der Waals surface area contributed by atoms with Gasteiger partial charge >= 0.3 is 0 Å². The van der Waals surface area contributed by atoms with Gasteiger partial charge in [-0.3, -0.25) is 0 Å². The van der Waals surface area contributed by atoms with Crippen molar-refractivity contribution in [1.29, 1.82) is 0 Å². The lowest BCUT2D eigenvalue weighted by atomic mass is 10.1. The Morgan fingerprint density at radius 3 is 2.88 bits per heavy atom. The molecule has 96 valence electrons. The maximum absolute atomic E-state index is 5.90. The molecule has 1 aliphatic heterocycles. The molecule has 0 bridgehead atoms. The fourth-order valence-electron chi connectivity index (χ4n) is 1.89. The number of ether oxygens (including phenoxy) is 2. The quantitative estimate of drug-likeness (QED) is 0.847. The Balaban J connectivity index is 1.72. The lowest BCUT2D eigenvalue weighted by Gasteiger charge is -2.21. The van der Waals surface area contributed by atoms with E-state index in [0.29, 0.717) is 6.10 Å². The summed E-state index contributed by atoms with van der Waals surface area (Å²) in [4.78, 5) is 2.71. The van der Waals surface area contributed by atoms with Crippen molar-refractivity contribution in [3.8, 4) is 0 Å². The molecule has 1 aromatic rings. The van der Waals surface area contributed by atoms with E-state index in [1.165, 1.54) is 9.75 Å². The molecule has 0 amide bonds. The van der Waals surface area contributed by atoms with Gasteiger partial charge in [0.05, 0.1) is 12.7 Å². The van der Waals surface area contributed by atoms with E-state index in [1.807, 2.05) is 11.3 Å². The lowest BCUT2D eigenvalue weighted by Crippen LogP contribution is -2.23. The monoisotopic (exact) mass is 255 g/mol. The van der Waals surface area contributed by atoms with E-state index in [1.54, 1.807) is 0 Å². The summed E-state index contributed by atoms with van der Waals surface area (Å²) >= 11 is 1.84. The summed E-state index contributed by atoms with van der Waals surface area (Å²) in [5, 5.41) is 3.34. The van der Waals surface area contributed by atoms with Gasteiger partial charge in [0.2, 0.25) is 0 Å². The van der Waals surface area contributed by atoms with Crippen LogP contribution in [0.1, 0.15) is 29.5 Å². The number of hydrogen-bond donors (Lipinski definition) is 1. The molecule has 0 aliphatic carbocycles. The normalized spacial score (nSPS) is 17.5. The van der Waals surface area contributed by atoms with E-state index in [4.69, 9.17) is 9.47 Å². The average molecular weight is 255 g/mol. The van der Waals surface area contributed by atoms with Crippen LogP contribution in [0.25, 0.3) is 0 Å². The first kappa shape index (κ1) is 13.0. The largest absolute Gasteiger partial charge is 0.381 e. The van der Waals surface area contributed by atoms with Crippen molar-refractivity contribution >= 4 is 11.3 Å². The van der Waals surface area contributed by atoms with Gasteiger partial charge < -0.3 is 14.8 Å². The van der Waals surface area contributed by atoms with Crippen molar-refractivity contribution in [1.82, 2.24) is 5.32 Å². The highest BCUT2D eigenvalue weighted by molar-refractivity contribution is 7.11. The Labute approximate surface area is 107 Å². The maximum Gasteiger partial charge on any atom is 0.0813 e. The molecule has 0 saturated carbocycles. The fourth-order valence-corrected chi connectivity index (χ4v) is 2.80. The van der Waals surface area contributed by atoms with E-state index in [9.17, 15) is 0 Å². The molecular weight excluding hydrogens is 234 g/mol. The van der Waals surface area contributed by atoms with Gasteiger partial charge in [0, 0.05) is 29.5 Å². The Bertz CT molecular complexity index is 321. The van der Waals surface area contributed by atoms with Crippen LogP contribution >= 0.6 is 11.3 Å². The van der Waals surface area contributed by atoms with Gasteiger partial charge in [-0.1, -0.05) is 6.92 Å². The van der Waals surface area contributed by atoms with Crippen LogP contribution in [0.5, 0.6) is 0 Å². The number of rotatable bonds is 6. The van der Waals surface area contributed by atoms with Crippen LogP contribution in [0, 0.1) is 0 Å². The lowest BCUT2D eigenvalue weighted by molar-refractivity contribution is -0.0383. The molecule has 17 heavy (non-hydrogen) atoms. The number of hydrogen-bond acceptors (Lipinski definition) is 4. The van der Waals surface area contributed by atoms with Crippen molar-refractivity contribution in [2.24, 2.45) is 0 Å². The Morgan fingerprint density at radius 2 is 2.12 bits per heavy atom. The maximum atomic E-state index is 5.90. The van der Waals surface area contributed by atoms with Crippen molar-refractivity contribution in [3.63, 3.8) is 0 Å². The number of thiophene rings is 1. The van der Waals surface area contributed by atoms with Crippen LogP contribution in [0.4, 0.5) is 0 Å². The van der Waals surface area contributed by atoms with Crippen LogP contribution < -0.4 is 5.32 Å². The Hall–Kier alpha value is -0.420. The number of nitrogens with one attached hydrogen (secondary N) is 1. The van der Waals surface area contributed by atoms with E-state index in [2.05, 4.69) is 24.4 Å². The topological polar surface area (TPSA) is 30.5 Å². The Kier molecular flexibility index (Phi) is 5.45. The third-order valence-corrected chi connectivity index (χ3v) is 3.95. The molecule has 1 N–H and O–H groups in total. The minimum atomic E-state index is 0.392. The summed E-state index contributed by atoms with van der Waals surface area (Å²) in [7, 11) is 0. The smallest absolute Gasteiger partial charge is 0.0813 e. The first-order valence-corrected chi connectivity index (χ1v) is 7.17. The molecule has 1 saturated heterocycles. The summed E-state index contributed by atoms with van der Waals surface area (Å²) < 4.78 is 11.2. The van der Waals surface area contributed by atoms with E-state index in [0.717, 1.165) is 45.8 Å². The van der Waals surface area contributed by atoms with Crippen LogP contribution in [0.15, 0.2) is 12.1 Å². The summed E-state index contributed by atoms with van der Waals surface area (Å²) in [6, 6.07) is 4.37. The van der Waals surface area contributed by atoms with E-state index < -0.39 is 0 Å². The molecule has 2 heterocycles. The molecular formula is C13H21NO2S. The predicted octanol–water partition coefficient (Wildman–Crippen LogP) is 2.55. The Morgan fingerprint density at radius 1 is 1.35 bits per heavy atom.